The van der Waals surface area contributed by atoms with E-state index in [0.29, 0.717) is 34.7 Å². The van der Waals surface area contributed by atoms with Gasteiger partial charge in [0.2, 0.25) is 0 Å². The molecule has 1 aromatic heterocycles. The van der Waals surface area contributed by atoms with Crippen LogP contribution in [0.1, 0.15) is 23.3 Å². The van der Waals surface area contributed by atoms with Gasteiger partial charge in [-0.2, -0.15) is 0 Å². The van der Waals surface area contributed by atoms with Gasteiger partial charge in [-0.25, -0.2) is 0 Å². The Hall–Kier alpha value is -2.83. The number of nitrogens with one attached hydrogen (secondary N) is 2. The number of nitrogens with zero attached hydrogens (tertiary/aromatic N) is 2. The Balaban J connectivity index is 1.73. The maximum atomic E-state index is 11.9. The van der Waals surface area contributed by atoms with E-state index in [1.54, 1.807) is 44.6 Å². The largest absolute Gasteiger partial charge is 0.497 e. The van der Waals surface area contributed by atoms with Crippen molar-refractivity contribution in [2.45, 2.75) is 18.9 Å². The topological polar surface area (TPSA) is 85.4 Å². The number of aromatic nitrogens is 2. The summed E-state index contributed by atoms with van der Waals surface area (Å²) in [4.78, 5) is 11.9. The van der Waals surface area contributed by atoms with Crippen LogP contribution in [0.15, 0.2) is 30.3 Å². The molecular formula is C16H18N4O3. The molecule has 1 aliphatic rings. The number of hydrogen-bond acceptors (Lipinski definition) is 6. The zero-order valence-corrected chi connectivity index (χ0v) is 13.0. The van der Waals surface area contributed by atoms with Gasteiger partial charge in [-0.3, -0.25) is 4.79 Å². The first-order valence-electron chi connectivity index (χ1n) is 7.33. The predicted molar refractivity (Wildman–Crippen MR) is 85.3 cm³/mol. The summed E-state index contributed by atoms with van der Waals surface area (Å²) in [6, 6.07) is 9.04. The number of benzene rings is 1. The first-order chi connectivity index (χ1) is 11.2. The van der Waals surface area contributed by atoms with E-state index >= 15 is 0 Å². The van der Waals surface area contributed by atoms with Crippen LogP contribution in [0, 0.1) is 0 Å². The Bertz CT molecular complexity index is 699. The van der Waals surface area contributed by atoms with Crippen LogP contribution in [0.2, 0.25) is 0 Å². The van der Waals surface area contributed by atoms with E-state index in [4.69, 9.17) is 9.47 Å². The first-order valence-corrected chi connectivity index (χ1v) is 7.33. The average Bonchev–Trinajstić information content (AvgIpc) is 3.39. The Morgan fingerprint density at radius 1 is 1.13 bits per heavy atom. The molecule has 3 rings (SSSR count). The normalized spacial score (nSPS) is 13.3. The third-order valence-electron chi connectivity index (χ3n) is 3.48. The van der Waals surface area contributed by atoms with Crippen molar-refractivity contribution in [2.24, 2.45) is 0 Å². The molecule has 2 aromatic rings. The highest BCUT2D eigenvalue weighted by Crippen LogP contribution is 2.30. The minimum atomic E-state index is -0.189. The van der Waals surface area contributed by atoms with E-state index in [1.807, 2.05) is 0 Å². The summed E-state index contributed by atoms with van der Waals surface area (Å²) in [5.74, 6) is 1.68. The number of amides is 1. The van der Waals surface area contributed by atoms with E-state index in [0.717, 1.165) is 12.8 Å². The van der Waals surface area contributed by atoms with Crippen LogP contribution in [0.25, 0.3) is 0 Å². The van der Waals surface area contributed by atoms with Gasteiger partial charge in [-0.15, -0.1) is 10.2 Å². The molecule has 0 unspecified atom stereocenters. The second-order valence-corrected chi connectivity index (χ2v) is 5.24. The van der Waals surface area contributed by atoms with Crippen LogP contribution in [-0.2, 0) is 0 Å². The molecule has 1 heterocycles. The zero-order chi connectivity index (χ0) is 16.2. The minimum Gasteiger partial charge on any atom is -0.497 e. The summed E-state index contributed by atoms with van der Waals surface area (Å²) in [5.41, 5.74) is 1.01. The van der Waals surface area contributed by atoms with Gasteiger partial charge in [0.25, 0.3) is 5.91 Å². The molecule has 1 aliphatic carbocycles. The number of anilines is 2. The lowest BCUT2D eigenvalue weighted by atomic mass is 10.2. The van der Waals surface area contributed by atoms with Crippen LogP contribution in [-0.4, -0.2) is 36.4 Å². The molecule has 0 bridgehead atoms. The Morgan fingerprint density at radius 2 is 1.96 bits per heavy atom. The fraction of sp³-hybridized carbons (Fsp3) is 0.312. The fourth-order valence-electron chi connectivity index (χ4n) is 2.06. The van der Waals surface area contributed by atoms with Crippen LogP contribution in [0.3, 0.4) is 0 Å². The Morgan fingerprint density at radius 3 is 2.57 bits per heavy atom. The third-order valence-corrected chi connectivity index (χ3v) is 3.48. The van der Waals surface area contributed by atoms with Crippen molar-refractivity contribution in [1.29, 1.82) is 0 Å². The standard InChI is InChI=1S/C16H18N4O3/c1-22-11-5-7-14(23-2)13(9-11)18-15-8-6-12(19-20-15)16(21)17-10-3-4-10/h5-10H,3-4H2,1-2H3,(H,17,21)(H,18,20). The van der Waals surface area contributed by atoms with Gasteiger partial charge in [0.1, 0.15) is 11.5 Å². The van der Waals surface area contributed by atoms with E-state index in [1.165, 1.54) is 0 Å². The van der Waals surface area contributed by atoms with Gasteiger partial charge < -0.3 is 20.1 Å². The Kier molecular flexibility index (Phi) is 4.27. The van der Waals surface area contributed by atoms with Crippen LogP contribution in [0.5, 0.6) is 11.5 Å². The highest BCUT2D eigenvalue weighted by atomic mass is 16.5. The van der Waals surface area contributed by atoms with Gasteiger partial charge in [0.15, 0.2) is 11.5 Å². The van der Waals surface area contributed by atoms with E-state index < -0.39 is 0 Å². The van der Waals surface area contributed by atoms with Gasteiger partial charge in [-0.05, 0) is 37.1 Å². The smallest absolute Gasteiger partial charge is 0.272 e. The predicted octanol–water partition coefficient (Wildman–Crippen LogP) is 2.13. The second-order valence-electron chi connectivity index (χ2n) is 5.24. The van der Waals surface area contributed by atoms with Crippen molar-refractivity contribution >= 4 is 17.4 Å². The number of carbonyl (C=O) groups excluding carboxylic acids is 1. The Labute approximate surface area is 134 Å². The number of ether oxygens (including phenoxy) is 2. The number of carbonyl (C=O) groups is 1. The molecule has 23 heavy (non-hydrogen) atoms. The molecule has 0 atom stereocenters. The summed E-state index contributed by atoms with van der Waals surface area (Å²) in [6.07, 6.45) is 2.07. The maximum Gasteiger partial charge on any atom is 0.272 e. The van der Waals surface area contributed by atoms with Crippen molar-refractivity contribution in [2.75, 3.05) is 19.5 Å². The fourth-order valence-corrected chi connectivity index (χ4v) is 2.06. The molecule has 2 N–H and O–H groups in total. The number of methoxy groups -OCH3 is 2. The quantitative estimate of drug-likeness (QED) is 0.849. The number of hydrogen-bond donors (Lipinski definition) is 2. The van der Waals surface area contributed by atoms with Gasteiger partial charge in [-0.1, -0.05) is 0 Å². The van der Waals surface area contributed by atoms with E-state index in [9.17, 15) is 4.79 Å². The molecule has 7 heteroatoms. The van der Waals surface area contributed by atoms with Crippen LogP contribution in [0.4, 0.5) is 11.5 Å². The molecule has 0 saturated heterocycles. The molecule has 120 valence electrons. The maximum absolute atomic E-state index is 11.9. The van der Waals surface area contributed by atoms with Gasteiger partial charge in [0, 0.05) is 12.1 Å². The minimum absolute atomic E-state index is 0.189. The summed E-state index contributed by atoms with van der Waals surface area (Å²) >= 11 is 0. The lowest BCUT2D eigenvalue weighted by Gasteiger charge is -2.12. The van der Waals surface area contributed by atoms with Gasteiger partial charge >= 0.3 is 0 Å². The molecule has 0 spiro atoms. The van der Waals surface area contributed by atoms with Crippen LogP contribution >= 0.6 is 0 Å². The average molecular weight is 314 g/mol. The van der Waals surface area contributed by atoms with Crippen molar-refractivity contribution in [3.8, 4) is 11.5 Å². The molecule has 0 aliphatic heterocycles. The van der Waals surface area contributed by atoms with Crippen LogP contribution < -0.4 is 20.1 Å². The lowest BCUT2D eigenvalue weighted by molar-refractivity contribution is 0.0945. The summed E-state index contributed by atoms with van der Waals surface area (Å²) in [7, 11) is 3.18. The monoisotopic (exact) mass is 314 g/mol. The van der Waals surface area contributed by atoms with Crippen molar-refractivity contribution in [3.05, 3.63) is 36.0 Å². The second kappa shape index (κ2) is 6.51. The summed E-state index contributed by atoms with van der Waals surface area (Å²) in [5, 5.41) is 14.0. The molecule has 1 fully saturated rings. The highest BCUT2D eigenvalue weighted by molar-refractivity contribution is 5.92. The van der Waals surface area contributed by atoms with Crippen molar-refractivity contribution in [3.63, 3.8) is 0 Å². The SMILES string of the molecule is COc1ccc(OC)c(Nc2ccc(C(=O)NC3CC3)nn2)c1. The molecular weight excluding hydrogens is 296 g/mol. The molecule has 1 amide bonds. The molecule has 1 saturated carbocycles. The van der Waals surface area contributed by atoms with Crippen molar-refractivity contribution in [1.82, 2.24) is 15.5 Å². The van der Waals surface area contributed by atoms with E-state index in [-0.39, 0.29) is 5.91 Å². The summed E-state index contributed by atoms with van der Waals surface area (Å²) in [6.45, 7) is 0. The molecule has 0 radical (unpaired) electrons. The molecule has 7 nitrogen and oxygen atoms in total. The van der Waals surface area contributed by atoms with Crippen molar-refractivity contribution < 1.29 is 14.3 Å². The van der Waals surface area contributed by atoms with E-state index in [2.05, 4.69) is 20.8 Å². The zero-order valence-electron chi connectivity index (χ0n) is 13.0. The highest BCUT2D eigenvalue weighted by Gasteiger charge is 2.24. The summed E-state index contributed by atoms with van der Waals surface area (Å²) < 4.78 is 10.5. The third kappa shape index (κ3) is 3.68. The lowest BCUT2D eigenvalue weighted by Crippen LogP contribution is -2.26. The number of rotatable bonds is 6. The first kappa shape index (κ1) is 15.1. The molecule has 1 aromatic carbocycles. The van der Waals surface area contributed by atoms with Gasteiger partial charge in [0.05, 0.1) is 19.9 Å².